The fourth-order valence-electron chi connectivity index (χ4n) is 1.52. The van der Waals surface area contributed by atoms with Gasteiger partial charge in [-0.05, 0) is 24.3 Å². The lowest BCUT2D eigenvalue weighted by molar-refractivity contribution is 0.100. The lowest BCUT2D eigenvalue weighted by Gasteiger charge is -1.87. The van der Waals surface area contributed by atoms with E-state index in [0.717, 1.165) is 0 Å². The first-order chi connectivity index (χ1) is 11.8. The lowest BCUT2D eigenvalue weighted by Crippen LogP contribution is -2.09. The molecule has 3 nitrogen and oxygen atoms in total. The van der Waals surface area contributed by atoms with Gasteiger partial charge in [-0.2, -0.15) is 0 Å². The molecule has 1 heterocycles. The van der Waals surface area contributed by atoms with Gasteiger partial charge in [0.15, 0.2) is 0 Å². The monoisotopic (exact) mass is 318 g/mol. The van der Waals surface area contributed by atoms with E-state index in [0.29, 0.717) is 5.56 Å². The van der Waals surface area contributed by atoms with Crippen LogP contribution in [-0.4, -0.2) is 10.9 Å². The van der Waals surface area contributed by atoms with Gasteiger partial charge in [0.05, 0.1) is 0 Å². The molecule has 0 atom stereocenters. The summed E-state index contributed by atoms with van der Waals surface area (Å²) in [5.41, 5.74) is 5.77. The SMILES string of the molecule is NC(=O)c1cccccccccccccc[nH]ccccc1. The highest BCUT2D eigenvalue weighted by Gasteiger charge is 1.92. The van der Waals surface area contributed by atoms with Crippen LogP contribution in [0.1, 0.15) is 10.4 Å². The summed E-state index contributed by atoms with van der Waals surface area (Å²) in [7, 11) is 0. The maximum Gasteiger partial charge on any atom is 0.248 e. The fourth-order valence-corrected chi connectivity index (χ4v) is 1.52. The highest BCUT2D eigenvalue weighted by atomic mass is 16.1. The molecule has 24 heavy (non-hydrogen) atoms. The maximum absolute atomic E-state index is 11.4. The zero-order valence-electron chi connectivity index (χ0n) is 13.5. The molecule has 0 aromatic carbocycles. The number of hydrogen-bond acceptors (Lipinski definition) is 1. The molecule has 0 saturated carbocycles. The van der Waals surface area contributed by atoms with Crippen molar-refractivity contribution in [2.45, 2.75) is 0 Å². The van der Waals surface area contributed by atoms with Crippen LogP contribution in [0.4, 0.5) is 0 Å². The predicted molar refractivity (Wildman–Crippen MR) is 99.8 cm³/mol. The minimum absolute atomic E-state index is 0.433. The normalized spacial score (nSPS) is 8.33. The first-order valence-corrected chi connectivity index (χ1v) is 7.56. The van der Waals surface area contributed by atoms with E-state index in [1.165, 1.54) is 0 Å². The quantitative estimate of drug-likeness (QED) is 0.780. The Bertz CT molecular complexity index is 680. The second-order valence-electron chi connectivity index (χ2n) is 4.54. The number of hydrogen-bond donors (Lipinski definition) is 2. The van der Waals surface area contributed by atoms with Gasteiger partial charge in [-0.3, -0.25) is 4.79 Å². The van der Waals surface area contributed by atoms with E-state index in [4.69, 9.17) is 5.73 Å². The van der Waals surface area contributed by atoms with Gasteiger partial charge in [-0.25, -0.2) is 0 Å². The van der Waals surface area contributed by atoms with Crippen molar-refractivity contribution in [1.29, 1.82) is 0 Å². The van der Waals surface area contributed by atoms with Crippen LogP contribution in [0, 0.1) is 0 Å². The molecule has 1 amide bonds. The van der Waals surface area contributed by atoms with E-state index >= 15 is 0 Å². The Kier molecular flexibility index (Phi) is 10.4. The summed E-state index contributed by atoms with van der Waals surface area (Å²) in [5.74, 6) is -0.468. The number of carbonyl (C=O) groups is 1. The van der Waals surface area contributed by atoms with E-state index < -0.39 is 5.91 Å². The molecule has 3 N–H and O–H groups in total. The third-order valence-corrected chi connectivity index (χ3v) is 2.67. The Morgan fingerprint density at radius 2 is 0.917 bits per heavy atom. The van der Waals surface area contributed by atoms with Gasteiger partial charge in [0.25, 0.3) is 0 Å². The average Bonchev–Trinajstić information content (AvgIpc) is 2.57. The number of aromatic amines is 1. The molecule has 0 fully saturated rings. The molecule has 1 aromatic heterocycles. The van der Waals surface area contributed by atoms with Crippen LogP contribution in [0.5, 0.6) is 0 Å². The molecular formula is C21H22N2O. The summed E-state index contributed by atoms with van der Waals surface area (Å²) in [4.78, 5) is 14.4. The van der Waals surface area contributed by atoms with Gasteiger partial charge in [0.2, 0.25) is 5.91 Å². The maximum atomic E-state index is 11.4. The second-order valence-corrected chi connectivity index (χ2v) is 4.54. The van der Waals surface area contributed by atoms with E-state index in [1.807, 2.05) is 85.1 Å². The van der Waals surface area contributed by atoms with Gasteiger partial charge in [-0.15, -0.1) is 0 Å². The van der Waals surface area contributed by atoms with Crippen LogP contribution in [0.15, 0.2) is 116 Å². The number of rotatable bonds is 1. The van der Waals surface area contributed by atoms with Crippen molar-refractivity contribution >= 4 is 5.91 Å². The first-order valence-electron chi connectivity index (χ1n) is 7.56. The Morgan fingerprint density at radius 1 is 0.583 bits per heavy atom. The van der Waals surface area contributed by atoms with E-state index in [9.17, 15) is 4.79 Å². The molecule has 0 spiro atoms. The smallest absolute Gasteiger partial charge is 0.248 e. The van der Waals surface area contributed by atoms with Crippen molar-refractivity contribution in [3.8, 4) is 0 Å². The first kappa shape index (κ1) is 18.7. The molecule has 0 saturated heterocycles. The van der Waals surface area contributed by atoms with Crippen LogP contribution in [-0.2, 0) is 0 Å². The van der Waals surface area contributed by atoms with Crippen LogP contribution >= 0.6 is 0 Å². The number of amides is 1. The number of nitrogens with two attached hydrogens (primary N) is 1. The van der Waals surface area contributed by atoms with Crippen molar-refractivity contribution in [2.24, 2.45) is 5.73 Å². The molecule has 122 valence electrons. The third kappa shape index (κ3) is 10.4. The van der Waals surface area contributed by atoms with Crippen molar-refractivity contribution in [1.82, 2.24) is 4.98 Å². The molecule has 0 aliphatic rings. The molecular weight excluding hydrogens is 296 g/mol. The van der Waals surface area contributed by atoms with Crippen molar-refractivity contribution < 1.29 is 4.79 Å². The molecule has 0 radical (unpaired) electrons. The Hall–Kier alpha value is -3.33. The summed E-state index contributed by atoms with van der Waals surface area (Å²) < 4.78 is 0. The van der Waals surface area contributed by atoms with Crippen molar-refractivity contribution in [2.75, 3.05) is 0 Å². The number of carbonyl (C=O) groups excluding carboxylic acids is 1. The summed E-state index contributed by atoms with van der Waals surface area (Å²) in [5, 5.41) is 0. The van der Waals surface area contributed by atoms with Crippen molar-refractivity contribution in [3.63, 3.8) is 0 Å². The van der Waals surface area contributed by atoms with E-state index in [1.54, 1.807) is 30.5 Å². The number of nitrogens with one attached hydrogen (secondary N) is 1. The van der Waals surface area contributed by atoms with E-state index in [-0.39, 0.29) is 0 Å². The number of aromatic nitrogens is 1. The summed E-state index contributed by atoms with van der Waals surface area (Å²) >= 11 is 0. The molecule has 0 unspecified atom stereocenters. The van der Waals surface area contributed by atoms with Crippen LogP contribution in [0.25, 0.3) is 0 Å². The van der Waals surface area contributed by atoms with Gasteiger partial charge in [-0.1, -0.05) is 78.9 Å². The summed E-state index contributed by atoms with van der Waals surface area (Å²) in [6, 6.07) is 31.6. The number of H-pyrrole nitrogens is 1. The molecule has 0 bridgehead atoms. The Morgan fingerprint density at radius 3 is 1.33 bits per heavy atom. The Labute approximate surface area is 143 Å². The minimum Gasteiger partial charge on any atom is -0.368 e. The van der Waals surface area contributed by atoms with Gasteiger partial charge >= 0.3 is 0 Å². The van der Waals surface area contributed by atoms with Gasteiger partial charge in [0, 0.05) is 18.0 Å². The fraction of sp³-hybridized carbons (Fsp3) is 0. The summed E-state index contributed by atoms with van der Waals surface area (Å²) in [6.07, 6.45) is 3.60. The van der Waals surface area contributed by atoms with Gasteiger partial charge < -0.3 is 10.7 Å². The second kappa shape index (κ2) is 13.3. The van der Waals surface area contributed by atoms with Crippen LogP contribution < -0.4 is 5.73 Å². The topological polar surface area (TPSA) is 58.9 Å². The Balaban J connectivity index is 3.24. The van der Waals surface area contributed by atoms with Gasteiger partial charge in [0.1, 0.15) is 0 Å². The van der Waals surface area contributed by atoms with Crippen molar-refractivity contribution in [3.05, 3.63) is 121 Å². The highest BCUT2D eigenvalue weighted by Crippen LogP contribution is 1.91. The van der Waals surface area contributed by atoms with Crippen LogP contribution in [0.2, 0.25) is 0 Å². The minimum atomic E-state index is -0.468. The molecule has 0 aliphatic heterocycles. The summed E-state index contributed by atoms with van der Waals surface area (Å²) in [6.45, 7) is 0. The molecule has 3 heteroatoms. The van der Waals surface area contributed by atoms with E-state index in [2.05, 4.69) is 4.98 Å². The highest BCUT2D eigenvalue weighted by molar-refractivity contribution is 5.92. The predicted octanol–water partition coefficient (Wildman–Crippen LogP) is 4.61. The zero-order chi connectivity index (χ0) is 17.3. The lowest BCUT2D eigenvalue weighted by atomic mass is 10.2. The standard InChI is InChI=1S/C21H22N2O/c22-21(24)20-16-12-9-7-5-3-1-2-4-6-8-10-14-18-23-19-15-11-13-17-20/h1-19,23H,(H2,22,24). The third-order valence-electron chi connectivity index (χ3n) is 2.67. The zero-order valence-corrected chi connectivity index (χ0v) is 13.5. The molecule has 1 rings (SSSR count). The van der Waals surface area contributed by atoms with Crippen LogP contribution in [0.3, 0.4) is 0 Å². The largest absolute Gasteiger partial charge is 0.368 e. The molecule has 0 aliphatic carbocycles. The average molecular weight is 318 g/mol. The number of primary amides is 1. The molecule has 1 aromatic rings.